The highest BCUT2D eigenvalue weighted by molar-refractivity contribution is 6.25. The molecule has 10 heteroatoms. The Kier molecular flexibility index (Phi) is 5.12. The van der Waals surface area contributed by atoms with Crippen molar-refractivity contribution in [3.8, 4) is 17.2 Å². The third-order valence-corrected chi connectivity index (χ3v) is 5.56. The molecule has 3 aromatic rings. The zero-order valence-electron chi connectivity index (χ0n) is 17.9. The molecule has 0 spiro atoms. The first-order valence-electron chi connectivity index (χ1n) is 10.5. The molecule has 0 N–H and O–H groups in total. The summed E-state index contributed by atoms with van der Waals surface area (Å²) in [7, 11) is 0. The summed E-state index contributed by atoms with van der Waals surface area (Å²) < 4.78 is 24.5. The van der Waals surface area contributed by atoms with Crippen molar-refractivity contribution in [2.45, 2.75) is 32.5 Å². The number of anilines is 1. The quantitative estimate of drug-likeness (QED) is 0.532. The molecule has 0 bridgehead atoms. The van der Waals surface area contributed by atoms with Gasteiger partial charge in [0.25, 0.3) is 11.8 Å². The molecule has 0 aliphatic carbocycles. The van der Waals surface area contributed by atoms with Crippen molar-refractivity contribution < 1.29 is 23.1 Å². The average Bonchev–Trinajstić information content (AvgIpc) is 3.46. The molecule has 5 rings (SSSR count). The summed E-state index contributed by atoms with van der Waals surface area (Å²) in [5, 5.41) is 9.51. The number of ether oxygens (including phenoxy) is 1. The molecule has 2 amide bonds. The molecule has 1 saturated heterocycles. The lowest BCUT2D eigenvalue weighted by molar-refractivity contribution is -0.123. The van der Waals surface area contributed by atoms with Crippen LogP contribution in [0.25, 0.3) is 11.5 Å². The zero-order chi connectivity index (χ0) is 23.1. The Bertz CT molecular complexity index is 1240. The summed E-state index contributed by atoms with van der Waals surface area (Å²) >= 11 is 0. The molecule has 1 aromatic heterocycles. The topological polar surface area (TPSA) is 101 Å². The minimum Gasteiger partial charge on any atom is -0.494 e. The fourth-order valence-electron chi connectivity index (χ4n) is 3.91. The molecule has 2 atom stereocenters. The Morgan fingerprint density at radius 2 is 1.79 bits per heavy atom. The number of aryl methyl sites for hydroxylation is 1. The van der Waals surface area contributed by atoms with Crippen LogP contribution < -0.4 is 9.64 Å². The number of amides is 2. The Morgan fingerprint density at radius 1 is 1.06 bits per heavy atom. The lowest BCUT2D eigenvalue weighted by Crippen LogP contribution is -2.39. The van der Waals surface area contributed by atoms with Crippen LogP contribution in [0.3, 0.4) is 0 Å². The van der Waals surface area contributed by atoms with Crippen molar-refractivity contribution in [2.75, 3.05) is 11.5 Å². The molecule has 2 aromatic carbocycles. The fraction of sp³-hybridized carbons (Fsp3) is 0.261. The molecule has 33 heavy (non-hydrogen) atoms. The molecule has 2 aliphatic rings. The van der Waals surface area contributed by atoms with Gasteiger partial charge in [0.2, 0.25) is 5.89 Å². The summed E-state index contributed by atoms with van der Waals surface area (Å²) in [6, 6.07) is 10.7. The summed E-state index contributed by atoms with van der Waals surface area (Å²) in [6.45, 7) is 4.41. The minimum atomic E-state index is -0.944. The van der Waals surface area contributed by atoms with E-state index in [-0.39, 0.29) is 6.54 Å². The average molecular weight is 449 g/mol. The predicted octanol–water partition coefficient (Wildman–Crippen LogP) is 3.68. The van der Waals surface area contributed by atoms with Crippen LogP contribution in [-0.2, 0) is 16.1 Å². The zero-order valence-corrected chi connectivity index (χ0v) is 17.9. The van der Waals surface area contributed by atoms with Crippen molar-refractivity contribution in [1.82, 2.24) is 9.99 Å². The van der Waals surface area contributed by atoms with E-state index in [4.69, 9.17) is 9.15 Å². The van der Waals surface area contributed by atoms with Crippen LogP contribution in [0.1, 0.15) is 18.4 Å². The molecular formula is C23H20FN5O4. The Labute approximate surface area is 188 Å². The van der Waals surface area contributed by atoms with Crippen molar-refractivity contribution in [3.05, 3.63) is 65.8 Å². The van der Waals surface area contributed by atoms with Crippen LogP contribution >= 0.6 is 0 Å². The number of rotatable bonds is 6. The van der Waals surface area contributed by atoms with E-state index in [0.717, 1.165) is 16.2 Å². The van der Waals surface area contributed by atoms with E-state index >= 15 is 0 Å². The lowest BCUT2D eigenvalue weighted by Gasteiger charge is -2.19. The number of oxazole rings is 1. The van der Waals surface area contributed by atoms with E-state index in [0.29, 0.717) is 29.6 Å². The van der Waals surface area contributed by atoms with E-state index in [1.807, 2.05) is 31.2 Å². The summed E-state index contributed by atoms with van der Waals surface area (Å²) in [4.78, 5) is 31.5. The Balaban J connectivity index is 1.35. The van der Waals surface area contributed by atoms with Gasteiger partial charge in [-0.2, -0.15) is 5.11 Å². The van der Waals surface area contributed by atoms with E-state index in [9.17, 15) is 14.0 Å². The van der Waals surface area contributed by atoms with Gasteiger partial charge in [-0.3, -0.25) is 14.6 Å². The normalized spacial score (nSPS) is 19.5. The molecule has 0 saturated carbocycles. The number of nitrogens with zero attached hydrogens (tertiary/aromatic N) is 5. The first-order valence-corrected chi connectivity index (χ1v) is 10.5. The van der Waals surface area contributed by atoms with Gasteiger partial charge in [0.1, 0.15) is 23.0 Å². The monoisotopic (exact) mass is 449 g/mol. The third-order valence-electron chi connectivity index (χ3n) is 5.56. The minimum absolute atomic E-state index is 0.146. The maximum Gasteiger partial charge on any atom is 0.263 e. The van der Waals surface area contributed by atoms with Gasteiger partial charge in [-0.1, -0.05) is 5.22 Å². The van der Waals surface area contributed by atoms with Gasteiger partial charge in [-0.05, 0) is 62.4 Å². The SMILES string of the molecule is CCOc1ccc(-c2nc(CN3N=N[C@@H]4C(=O)N(c5ccc(F)cc5)C(=O)[C@H]43)c(C)o2)cc1. The second-order valence-corrected chi connectivity index (χ2v) is 7.66. The van der Waals surface area contributed by atoms with Crippen LogP contribution in [0.5, 0.6) is 5.75 Å². The van der Waals surface area contributed by atoms with Crippen LogP contribution in [0.4, 0.5) is 10.1 Å². The highest BCUT2D eigenvalue weighted by Crippen LogP contribution is 2.33. The Hall–Kier alpha value is -4.08. The summed E-state index contributed by atoms with van der Waals surface area (Å²) in [5.74, 6) is 0.349. The molecule has 0 radical (unpaired) electrons. The summed E-state index contributed by atoms with van der Waals surface area (Å²) in [6.07, 6.45) is 0. The van der Waals surface area contributed by atoms with Gasteiger partial charge in [0, 0.05) is 5.56 Å². The standard InChI is InChI=1S/C23H20FN5O4/c1-3-32-17-10-4-14(5-11-17)21-25-18(13(2)33-21)12-28-20-19(26-27-28)22(30)29(23(20)31)16-8-6-15(24)7-9-16/h4-11,19-20H,3,12H2,1-2H3/t19-,20-/m0/s1. The van der Waals surface area contributed by atoms with E-state index in [1.54, 1.807) is 6.92 Å². The number of aromatic nitrogens is 1. The number of benzene rings is 2. The van der Waals surface area contributed by atoms with E-state index in [1.165, 1.54) is 29.3 Å². The molecule has 168 valence electrons. The number of hydrogen-bond donors (Lipinski definition) is 0. The van der Waals surface area contributed by atoms with Crippen LogP contribution in [-0.4, -0.2) is 40.5 Å². The van der Waals surface area contributed by atoms with Gasteiger partial charge < -0.3 is 9.15 Å². The Morgan fingerprint density at radius 3 is 2.48 bits per heavy atom. The fourth-order valence-corrected chi connectivity index (χ4v) is 3.91. The number of imide groups is 1. The second kappa shape index (κ2) is 8.12. The first kappa shape index (κ1) is 20.8. The molecule has 9 nitrogen and oxygen atoms in total. The molecular weight excluding hydrogens is 429 g/mol. The first-order chi connectivity index (χ1) is 16.0. The largest absolute Gasteiger partial charge is 0.494 e. The van der Waals surface area contributed by atoms with Gasteiger partial charge in [-0.25, -0.2) is 14.3 Å². The maximum absolute atomic E-state index is 13.3. The van der Waals surface area contributed by atoms with Crippen molar-refractivity contribution in [3.63, 3.8) is 0 Å². The van der Waals surface area contributed by atoms with Gasteiger partial charge >= 0.3 is 0 Å². The number of carbonyl (C=O) groups excluding carboxylic acids is 2. The van der Waals surface area contributed by atoms with Gasteiger partial charge in [0.05, 0.1) is 18.8 Å². The lowest BCUT2D eigenvalue weighted by atomic mass is 10.1. The van der Waals surface area contributed by atoms with E-state index < -0.39 is 29.7 Å². The molecule has 3 heterocycles. The molecule has 1 fully saturated rings. The van der Waals surface area contributed by atoms with Crippen LogP contribution in [0.15, 0.2) is 63.3 Å². The van der Waals surface area contributed by atoms with Crippen LogP contribution in [0.2, 0.25) is 0 Å². The van der Waals surface area contributed by atoms with Crippen molar-refractivity contribution in [2.24, 2.45) is 10.3 Å². The summed E-state index contributed by atoms with van der Waals surface area (Å²) in [5.41, 5.74) is 1.66. The third kappa shape index (κ3) is 3.63. The maximum atomic E-state index is 13.3. The smallest absolute Gasteiger partial charge is 0.263 e. The van der Waals surface area contributed by atoms with Gasteiger partial charge in [0.15, 0.2) is 12.1 Å². The van der Waals surface area contributed by atoms with Crippen LogP contribution in [0, 0.1) is 12.7 Å². The number of hydrogen-bond acceptors (Lipinski definition) is 8. The number of fused-ring (bicyclic) bond motifs is 1. The molecule has 0 unspecified atom stereocenters. The highest BCUT2D eigenvalue weighted by atomic mass is 19.1. The second-order valence-electron chi connectivity index (χ2n) is 7.66. The van der Waals surface area contributed by atoms with Crippen molar-refractivity contribution in [1.29, 1.82) is 0 Å². The molecule has 2 aliphatic heterocycles. The van der Waals surface area contributed by atoms with Gasteiger partial charge in [-0.15, -0.1) is 0 Å². The van der Waals surface area contributed by atoms with E-state index in [2.05, 4.69) is 15.3 Å². The predicted molar refractivity (Wildman–Crippen MR) is 115 cm³/mol. The number of carbonyl (C=O) groups is 2. The highest BCUT2D eigenvalue weighted by Gasteiger charge is 2.54. The van der Waals surface area contributed by atoms with Crippen molar-refractivity contribution >= 4 is 17.5 Å². The number of halogens is 1.